The van der Waals surface area contributed by atoms with Crippen molar-refractivity contribution in [3.05, 3.63) is 71.8 Å². The Labute approximate surface area is 212 Å². The van der Waals surface area contributed by atoms with Crippen molar-refractivity contribution >= 4 is 24.2 Å². The molecule has 7 heteroatoms. The number of carbonyl (C=O) groups excluding carboxylic acids is 4. The molecule has 0 unspecified atom stereocenters. The Morgan fingerprint density at radius 2 is 1.39 bits per heavy atom. The van der Waals surface area contributed by atoms with Gasteiger partial charge >= 0.3 is 17.9 Å². The lowest BCUT2D eigenvalue weighted by Crippen LogP contribution is -2.46. The van der Waals surface area contributed by atoms with Gasteiger partial charge in [0.2, 0.25) is 0 Å². The average Bonchev–Trinajstić information content (AvgIpc) is 3.21. The normalized spacial score (nSPS) is 20.3. The number of aldehydes is 1. The summed E-state index contributed by atoms with van der Waals surface area (Å²) < 4.78 is 16.5. The first-order valence-electron chi connectivity index (χ1n) is 12.5. The standard InChI is InChI=1S/C29H34O7/c1-3-11-25-24(18-30)23(16-26(31)34-4-2)17-29(25,27(32)35-19-21-12-7-5-8-13-21)28(33)36-20-22-14-9-6-10-15-22/h5-10,12-15,18,23-25H,3-4,11,16-17,19-20H2,1-2H3/t23-,24+,25-/m1/s1. The summed E-state index contributed by atoms with van der Waals surface area (Å²) in [6.07, 6.45) is 1.77. The van der Waals surface area contributed by atoms with E-state index in [9.17, 15) is 19.2 Å². The van der Waals surface area contributed by atoms with Crippen LogP contribution in [0.15, 0.2) is 60.7 Å². The smallest absolute Gasteiger partial charge is 0.324 e. The molecule has 0 heterocycles. The molecule has 1 aliphatic carbocycles. The SMILES string of the molecule is CCC[C@@H]1[C@@H](C=O)[C@H](CC(=O)OCC)CC1(C(=O)OCc1ccccc1)C(=O)OCc1ccccc1. The molecule has 7 nitrogen and oxygen atoms in total. The van der Waals surface area contributed by atoms with Gasteiger partial charge in [-0.1, -0.05) is 74.0 Å². The molecule has 0 radical (unpaired) electrons. The predicted molar refractivity (Wildman–Crippen MR) is 132 cm³/mol. The monoisotopic (exact) mass is 494 g/mol. The van der Waals surface area contributed by atoms with E-state index in [4.69, 9.17) is 14.2 Å². The zero-order chi connectivity index (χ0) is 26.0. The molecule has 0 aliphatic heterocycles. The van der Waals surface area contributed by atoms with Gasteiger partial charge in [0.15, 0.2) is 5.41 Å². The average molecular weight is 495 g/mol. The molecule has 0 amide bonds. The summed E-state index contributed by atoms with van der Waals surface area (Å²) in [5.41, 5.74) is -0.139. The number of benzene rings is 2. The molecule has 36 heavy (non-hydrogen) atoms. The van der Waals surface area contributed by atoms with Gasteiger partial charge < -0.3 is 19.0 Å². The molecule has 0 bridgehead atoms. The molecule has 2 aromatic carbocycles. The summed E-state index contributed by atoms with van der Waals surface area (Å²) in [4.78, 5) is 52.1. The van der Waals surface area contributed by atoms with Gasteiger partial charge in [-0.15, -0.1) is 0 Å². The maximum Gasteiger partial charge on any atom is 0.324 e. The Kier molecular flexibility index (Phi) is 9.79. The van der Waals surface area contributed by atoms with Crippen LogP contribution in [0.3, 0.4) is 0 Å². The Bertz CT molecular complexity index is 963. The Morgan fingerprint density at radius 1 is 0.861 bits per heavy atom. The highest BCUT2D eigenvalue weighted by Crippen LogP contribution is 2.54. The van der Waals surface area contributed by atoms with Gasteiger partial charge in [0.05, 0.1) is 6.61 Å². The van der Waals surface area contributed by atoms with Gasteiger partial charge in [0, 0.05) is 12.3 Å². The first kappa shape index (κ1) is 27.1. The Hall–Kier alpha value is -3.48. The minimum absolute atomic E-state index is 0.0128. The third-order valence-corrected chi connectivity index (χ3v) is 6.87. The van der Waals surface area contributed by atoms with Gasteiger partial charge in [0.1, 0.15) is 19.5 Å². The van der Waals surface area contributed by atoms with E-state index in [1.165, 1.54) is 0 Å². The van der Waals surface area contributed by atoms with Crippen molar-refractivity contribution in [3.8, 4) is 0 Å². The van der Waals surface area contributed by atoms with Crippen molar-refractivity contribution in [1.29, 1.82) is 0 Å². The highest BCUT2D eigenvalue weighted by atomic mass is 16.6. The zero-order valence-electron chi connectivity index (χ0n) is 20.9. The van der Waals surface area contributed by atoms with Gasteiger partial charge in [-0.05, 0) is 42.7 Å². The number of ether oxygens (including phenoxy) is 3. The third kappa shape index (κ3) is 6.20. The number of hydrogen-bond acceptors (Lipinski definition) is 7. The highest BCUT2D eigenvalue weighted by Gasteiger charge is 2.64. The van der Waals surface area contributed by atoms with Gasteiger partial charge in [-0.25, -0.2) is 0 Å². The molecular formula is C29H34O7. The topological polar surface area (TPSA) is 96.0 Å². The first-order chi connectivity index (χ1) is 17.5. The summed E-state index contributed by atoms with van der Waals surface area (Å²) in [5.74, 6) is -3.77. The second-order valence-corrected chi connectivity index (χ2v) is 9.18. The van der Waals surface area contributed by atoms with Crippen LogP contribution in [0.1, 0.15) is 50.7 Å². The molecule has 0 N–H and O–H groups in total. The van der Waals surface area contributed by atoms with E-state index in [1.54, 1.807) is 6.92 Å². The van der Waals surface area contributed by atoms with Crippen LogP contribution in [-0.2, 0) is 46.6 Å². The summed E-state index contributed by atoms with van der Waals surface area (Å²) in [5, 5.41) is 0. The fourth-order valence-corrected chi connectivity index (χ4v) is 5.21. The number of esters is 3. The van der Waals surface area contributed by atoms with Crippen molar-refractivity contribution in [2.75, 3.05) is 6.61 Å². The van der Waals surface area contributed by atoms with Crippen LogP contribution >= 0.6 is 0 Å². The van der Waals surface area contributed by atoms with Crippen LogP contribution in [0.5, 0.6) is 0 Å². The summed E-state index contributed by atoms with van der Waals surface area (Å²) >= 11 is 0. The van der Waals surface area contributed by atoms with Gasteiger partial charge in [-0.3, -0.25) is 14.4 Å². The second kappa shape index (κ2) is 13.0. The maximum absolute atomic E-state index is 13.7. The molecule has 3 atom stereocenters. The Balaban J connectivity index is 1.94. The van der Waals surface area contributed by atoms with E-state index in [0.717, 1.165) is 17.4 Å². The zero-order valence-corrected chi connectivity index (χ0v) is 20.9. The third-order valence-electron chi connectivity index (χ3n) is 6.87. The number of rotatable bonds is 12. The minimum atomic E-state index is -1.69. The molecule has 1 fully saturated rings. The van der Waals surface area contributed by atoms with Crippen molar-refractivity contribution < 1.29 is 33.4 Å². The van der Waals surface area contributed by atoms with E-state index < -0.39 is 41.1 Å². The lowest BCUT2D eigenvalue weighted by atomic mass is 9.73. The van der Waals surface area contributed by atoms with Crippen molar-refractivity contribution in [1.82, 2.24) is 0 Å². The molecule has 2 aromatic rings. The first-order valence-corrected chi connectivity index (χ1v) is 12.5. The molecule has 1 aliphatic rings. The molecule has 3 rings (SSSR count). The van der Waals surface area contributed by atoms with E-state index in [2.05, 4.69) is 0 Å². The van der Waals surface area contributed by atoms with Crippen LogP contribution in [0.25, 0.3) is 0 Å². The van der Waals surface area contributed by atoms with Crippen LogP contribution in [0.4, 0.5) is 0 Å². The molecule has 0 spiro atoms. The quantitative estimate of drug-likeness (QED) is 0.183. The van der Waals surface area contributed by atoms with Gasteiger partial charge in [-0.2, -0.15) is 0 Å². The minimum Gasteiger partial charge on any atom is -0.466 e. The summed E-state index contributed by atoms with van der Waals surface area (Å²) in [6, 6.07) is 18.3. The predicted octanol–water partition coefficient (Wildman–Crippen LogP) is 4.66. The summed E-state index contributed by atoms with van der Waals surface area (Å²) in [7, 11) is 0. The van der Waals surface area contributed by atoms with Crippen LogP contribution in [-0.4, -0.2) is 30.8 Å². The van der Waals surface area contributed by atoms with E-state index in [0.29, 0.717) is 12.8 Å². The molecular weight excluding hydrogens is 460 g/mol. The number of hydrogen-bond donors (Lipinski definition) is 0. The van der Waals surface area contributed by atoms with Crippen LogP contribution < -0.4 is 0 Å². The van der Waals surface area contributed by atoms with E-state index in [1.807, 2.05) is 67.6 Å². The van der Waals surface area contributed by atoms with Crippen LogP contribution in [0, 0.1) is 23.2 Å². The largest absolute Gasteiger partial charge is 0.466 e. The molecule has 1 saturated carbocycles. The second-order valence-electron chi connectivity index (χ2n) is 9.18. The lowest BCUT2D eigenvalue weighted by Gasteiger charge is -2.32. The number of carbonyl (C=O) groups is 4. The van der Waals surface area contributed by atoms with Gasteiger partial charge in [0.25, 0.3) is 0 Å². The molecule has 0 aromatic heterocycles. The summed E-state index contributed by atoms with van der Waals surface area (Å²) in [6.45, 7) is 3.81. The molecule has 0 saturated heterocycles. The maximum atomic E-state index is 13.7. The Morgan fingerprint density at radius 3 is 1.83 bits per heavy atom. The fraction of sp³-hybridized carbons (Fsp3) is 0.448. The molecule has 192 valence electrons. The van der Waals surface area contributed by atoms with E-state index in [-0.39, 0.29) is 32.7 Å². The van der Waals surface area contributed by atoms with Crippen molar-refractivity contribution in [2.45, 2.75) is 52.7 Å². The van der Waals surface area contributed by atoms with Crippen LogP contribution in [0.2, 0.25) is 0 Å². The van der Waals surface area contributed by atoms with E-state index >= 15 is 0 Å². The fourth-order valence-electron chi connectivity index (χ4n) is 5.21. The van der Waals surface area contributed by atoms with Crippen molar-refractivity contribution in [2.24, 2.45) is 23.2 Å². The van der Waals surface area contributed by atoms with Crippen molar-refractivity contribution in [3.63, 3.8) is 0 Å². The lowest BCUT2D eigenvalue weighted by molar-refractivity contribution is -0.178. The highest BCUT2D eigenvalue weighted by molar-refractivity contribution is 6.01.